The Morgan fingerprint density at radius 3 is 1.64 bits per heavy atom. The van der Waals surface area contributed by atoms with Gasteiger partial charge in [0.25, 0.3) is 0 Å². The molecule has 0 aromatic carbocycles. The maximum Gasteiger partial charge on any atom is 0.545 e. The summed E-state index contributed by atoms with van der Waals surface area (Å²) in [5.74, 6) is -2.27. The number of aliphatic hydroxyl groups excluding tert-OH is 1. The molecule has 88 valence electrons. The van der Waals surface area contributed by atoms with Crippen molar-refractivity contribution in [3.63, 3.8) is 0 Å². The Morgan fingerprint density at radius 1 is 1.21 bits per heavy atom. The maximum absolute atomic E-state index is 9.86. The summed E-state index contributed by atoms with van der Waals surface area (Å²) >= 11 is 0. The molecule has 0 aromatic rings. The van der Waals surface area contributed by atoms with E-state index in [0.717, 1.165) is 0 Å². The predicted molar refractivity (Wildman–Crippen MR) is 46.2 cm³/mol. The molecule has 0 rings (SSSR count). The molecule has 0 aliphatic rings. The zero-order valence-corrected chi connectivity index (χ0v) is 9.55. The average molecular weight is 389 g/mol. The number of aliphatic hydroxyl groups is 1. The van der Waals surface area contributed by atoms with Crippen molar-refractivity contribution in [1.29, 1.82) is 0 Å². The Balaban J connectivity index is -0.000000209. The topological polar surface area (TPSA) is 148 Å². The van der Waals surface area contributed by atoms with E-state index in [1.165, 1.54) is 0 Å². The van der Waals surface area contributed by atoms with E-state index >= 15 is 0 Å². The molecule has 8 heteroatoms. The van der Waals surface area contributed by atoms with Crippen LogP contribution in [0.3, 0.4) is 0 Å². The van der Waals surface area contributed by atoms with Gasteiger partial charge in [0.2, 0.25) is 6.10 Å². The minimum Gasteiger partial charge on any atom is -0.679 e. The van der Waals surface area contributed by atoms with Crippen LogP contribution in [0, 0.1) is 0 Å². The number of hydrogen-bond donors (Lipinski definition) is 1. The first kappa shape index (κ1) is 19.1. The molecule has 0 aromatic heterocycles. The SMILES string of the molecule is O=C([OH2+])CC(O)C(=O)[OH2+].[NH-]CC[NH-].[Pt]. The van der Waals surface area contributed by atoms with Crippen LogP contribution in [0.15, 0.2) is 0 Å². The fourth-order valence-corrected chi connectivity index (χ4v) is 0.268. The van der Waals surface area contributed by atoms with Gasteiger partial charge in [-0.1, -0.05) is 0 Å². The molecular weight excluding hydrogens is 375 g/mol. The summed E-state index contributed by atoms with van der Waals surface area (Å²) < 4.78 is 0. The number of carbonyl (C=O) groups is 2. The molecule has 0 spiro atoms. The van der Waals surface area contributed by atoms with Crippen LogP contribution < -0.4 is 0 Å². The third-order valence-electron chi connectivity index (χ3n) is 0.806. The number of hydrogen-bond acceptors (Lipinski definition) is 3. The fraction of sp³-hybridized carbons (Fsp3) is 0.667. The predicted octanol–water partition coefficient (Wildman–Crippen LogP) is -1.67. The van der Waals surface area contributed by atoms with E-state index in [1.54, 1.807) is 0 Å². The van der Waals surface area contributed by atoms with E-state index in [-0.39, 0.29) is 34.2 Å². The second kappa shape index (κ2) is 12.5. The number of rotatable bonds is 4. The van der Waals surface area contributed by atoms with Crippen LogP contribution in [-0.4, -0.2) is 46.5 Å². The Morgan fingerprint density at radius 2 is 1.57 bits per heavy atom. The first-order valence-electron chi connectivity index (χ1n) is 3.42. The van der Waals surface area contributed by atoms with E-state index < -0.39 is 24.5 Å². The first-order valence-corrected chi connectivity index (χ1v) is 3.42. The van der Waals surface area contributed by atoms with Gasteiger partial charge in [0, 0.05) is 30.7 Å². The smallest absolute Gasteiger partial charge is 0.545 e. The zero-order valence-electron chi connectivity index (χ0n) is 7.28. The van der Waals surface area contributed by atoms with Crippen molar-refractivity contribution >= 4 is 11.9 Å². The summed E-state index contributed by atoms with van der Waals surface area (Å²) in [5, 5.41) is 20.9. The Labute approximate surface area is 95.3 Å². The molecule has 0 aliphatic heterocycles. The van der Waals surface area contributed by atoms with Gasteiger partial charge in [-0.2, -0.15) is 13.1 Å². The average Bonchev–Trinajstić information content (AvgIpc) is 2.03. The number of carbonyl (C=O) groups excluding carboxylic acids is 2. The van der Waals surface area contributed by atoms with Gasteiger partial charge in [0.15, 0.2) is 0 Å². The molecule has 0 bridgehead atoms. The molecule has 14 heavy (non-hydrogen) atoms. The number of nitrogens with one attached hydrogen (secondary N) is 2. The first-order chi connectivity index (χ1) is 5.95. The van der Waals surface area contributed by atoms with Crippen LogP contribution in [0.4, 0.5) is 0 Å². The van der Waals surface area contributed by atoms with Crippen molar-refractivity contribution in [2.45, 2.75) is 12.5 Å². The molecule has 1 unspecified atom stereocenters. The van der Waals surface area contributed by atoms with E-state index in [0.29, 0.717) is 0 Å². The molecule has 0 aliphatic carbocycles. The Kier molecular flexibility index (Phi) is 17.1. The summed E-state index contributed by atoms with van der Waals surface area (Å²) in [6.45, 7) is 0.472. The van der Waals surface area contributed by atoms with E-state index in [2.05, 4.69) is 0 Å². The van der Waals surface area contributed by atoms with Crippen molar-refractivity contribution in [3.05, 3.63) is 11.5 Å². The minimum absolute atomic E-state index is 0. The van der Waals surface area contributed by atoms with Crippen LogP contribution >= 0.6 is 0 Å². The molecule has 7 N–H and O–H groups in total. The minimum atomic E-state index is -1.62. The van der Waals surface area contributed by atoms with Crippen molar-refractivity contribution < 1.29 is 46.0 Å². The summed E-state index contributed by atoms with van der Waals surface area (Å²) in [6, 6.07) is 0. The maximum atomic E-state index is 9.86. The van der Waals surface area contributed by atoms with Gasteiger partial charge in [0.05, 0.1) is 0 Å². The fourth-order valence-electron chi connectivity index (χ4n) is 0.268. The molecule has 1 atom stereocenters. The van der Waals surface area contributed by atoms with Gasteiger partial charge in [-0.3, -0.25) is 0 Å². The molecule has 0 amide bonds. The van der Waals surface area contributed by atoms with Crippen LogP contribution in [0.5, 0.6) is 0 Å². The van der Waals surface area contributed by atoms with Gasteiger partial charge in [-0.25, -0.2) is 0 Å². The third-order valence-corrected chi connectivity index (χ3v) is 0.806. The second-order valence-corrected chi connectivity index (χ2v) is 2.01. The van der Waals surface area contributed by atoms with Gasteiger partial charge >= 0.3 is 11.9 Å². The Hall–Kier alpha value is -0.492. The van der Waals surface area contributed by atoms with Gasteiger partial charge in [-0.15, -0.1) is 0 Å². The standard InChI is InChI=1S/C4H6O5.C2H6N2.Pt/c5-2(4(8)9)1-3(6)7;3-1-2-4;/h2,5H,1H2,(H,6,7)(H,8,9);3-4H,1-2H2;/q;-2;/p+2. The molecule has 0 heterocycles. The van der Waals surface area contributed by atoms with E-state index in [4.69, 9.17) is 26.8 Å². The van der Waals surface area contributed by atoms with Crippen molar-refractivity contribution in [3.8, 4) is 0 Å². The third kappa shape index (κ3) is 17.6. The summed E-state index contributed by atoms with van der Waals surface area (Å²) in [6.07, 6.45) is -2.20. The monoisotopic (exact) mass is 389 g/mol. The second-order valence-electron chi connectivity index (χ2n) is 2.01. The van der Waals surface area contributed by atoms with Gasteiger partial charge in [0.1, 0.15) is 6.42 Å². The molecule has 7 nitrogen and oxygen atoms in total. The molecule has 0 radical (unpaired) electrons. The molecular formula is C6H14N2O5Pt. The van der Waals surface area contributed by atoms with Gasteiger partial charge < -0.3 is 26.8 Å². The van der Waals surface area contributed by atoms with E-state index in [1.807, 2.05) is 0 Å². The quantitative estimate of drug-likeness (QED) is 0.573. The largest absolute Gasteiger partial charge is 0.679 e. The Bertz CT molecular complexity index is 164. The van der Waals surface area contributed by atoms with Crippen LogP contribution in [0.2, 0.25) is 0 Å². The van der Waals surface area contributed by atoms with E-state index in [9.17, 15) is 9.59 Å². The normalized spacial score (nSPS) is 10.2. The van der Waals surface area contributed by atoms with Crippen LogP contribution in [0.25, 0.3) is 11.5 Å². The molecule has 0 saturated heterocycles. The van der Waals surface area contributed by atoms with Crippen LogP contribution in [0.1, 0.15) is 6.42 Å². The molecule has 0 saturated carbocycles. The van der Waals surface area contributed by atoms with Crippen molar-refractivity contribution in [2.24, 2.45) is 0 Å². The summed E-state index contributed by atoms with van der Waals surface area (Å²) in [5.41, 5.74) is 12.5. The van der Waals surface area contributed by atoms with Gasteiger partial charge in [-0.05, 0) is 0 Å². The molecule has 0 fully saturated rings. The summed E-state index contributed by atoms with van der Waals surface area (Å²) in [7, 11) is 0. The van der Waals surface area contributed by atoms with Crippen LogP contribution in [-0.2, 0) is 30.7 Å². The summed E-state index contributed by atoms with van der Waals surface area (Å²) in [4.78, 5) is 19.7. The zero-order chi connectivity index (χ0) is 10.9. The van der Waals surface area contributed by atoms with Crippen molar-refractivity contribution in [1.82, 2.24) is 0 Å². The van der Waals surface area contributed by atoms with Crippen molar-refractivity contribution in [2.75, 3.05) is 13.1 Å².